The smallest absolute Gasteiger partial charge is 0.274 e. The van der Waals surface area contributed by atoms with E-state index in [0.717, 1.165) is 31.6 Å². The number of hydrogen-bond acceptors (Lipinski definition) is 7. The van der Waals surface area contributed by atoms with Gasteiger partial charge in [0.15, 0.2) is 0 Å². The molecule has 0 radical (unpaired) electrons. The molecule has 1 aliphatic rings. The summed E-state index contributed by atoms with van der Waals surface area (Å²) in [5, 5.41) is 2.81. The average molecular weight is 474 g/mol. The molecule has 0 spiro atoms. The minimum absolute atomic E-state index is 0.101. The van der Waals surface area contributed by atoms with Crippen molar-refractivity contribution in [3.8, 4) is 0 Å². The lowest BCUT2D eigenvalue weighted by molar-refractivity contribution is -0.107. The molecule has 2 aromatic rings. The SMILES string of the molecule is CCCN(CC1CC1)c1cc(C(=O)Nc2ccc(S(=O)(=O)NCCCC=O)cc2C)ncn1. The van der Waals surface area contributed by atoms with E-state index in [2.05, 4.69) is 31.8 Å². The quantitative estimate of drug-likeness (QED) is 0.339. The molecular weight excluding hydrogens is 442 g/mol. The van der Waals surface area contributed by atoms with Gasteiger partial charge in [0, 0.05) is 37.8 Å². The standard InChI is InChI=1S/C23H31N5O4S/c1-3-11-28(15-18-6-7-18)22-14-21(24-16-25-22)23(30)27-20-9-8-19(13-17(20)2)33(31,32)26-10-4-5-12-29/h8-9,12-14,16,18,26H,3-7,10-11,15H2,1-2H3,(H,27,30). The molecule has 1 heterocycles. The third kappa shape index (κ3) is 7.06. The fourth-order valence-corrected chi connectivity index (χ4v) is 4.59. The van der Waals surface area contributed by atoms with E-state index >= 15 is 0 Å². The highest BCUT2D eigenvalue weighted by atomic mass is 32.2. The molecule has 0 bridgehead atoms. The van der Waals surface area contributed by atoms with Crippen LogP contribution >= 0.6 is 0 Å². The second kappa shape index (κ2) is 11.3. The predicted molar refractivity (Wildman–Crippen MR) is 127 cm³/mol. The van der Waals surface area contributed by atoms with Crippen LogP contribution in [0.3, 0.4) is 0 Å². The lowest BCUT2D eigenvalue weighted by atomic mass is 10.2. The number of hydrogen-bond donors (Lipinski definition) is 2. The van der Waals surface area contributed by atoms with Crippen LogP contribution in [0.2, 0.25) is 0 Å². The lowest BCUT2D eigenvalue weighted by Gasteiger charge is -2.23. The maximum absolute atomic E-state index is 12.8. The highest BCUT2D eigenvalue weighted by molar-refractivity contribution is 7.89. The Kier molecular flexibility index (Phi) is 8.51. The van der Waals surface area contributed by atoms with Crippen LogP contribution in [0.15, 0.2) is 35.5 Å². The van der Waals surface area contributed by atoms with E-state index in [-0.39, 0.29) is 23.0 Å². The summed E-state index contributed by atoms with van der Waals surface area (Å²) in [5.41, 5.74) is 1.36. The van der Waals surface area contributed by atoms with E-state index in [9.17, 15) is 18.0 Å². The zero-order valence-corrected chi connectivity index (χ0v) is 19.9. The summed E-state index contributed by atoms with van der Waals surface area (Å²) in [5.74, 6) is 1.05. The fourth-order valence-electron chi connectivity index (χ4n) is 3.43. The molecule has 0 aliphatic heterocycles. The molecule has 178 valence electrons. The number of aldehydes is 1. The van der Waals surface area contributed by atoms with Crippen LogP contribution in [0.1, 0.15) is 55.1 Å². The summed E-state index contributed by atoms with van der Waals surface area (Å²) in [7, 11) is -3.69. The second-order valence-corrected chi connectivity index (χ2v) is 10.1. The first-order valence-corrected chi connectivity index (χ1v) is 12.7. The molecule has 0 atom stereocenters. The van der Waals surface area contributed by atoms with Gasteiger partial charge in [-0.15, -0.1) is 0 Å². The van der Waals surface area contributed by atoms with E-state index in [1.807, 2.05) is 0 Å². The number of rotatable bonds is 13. The third-order valence-corrected chi connectivity index (χ3v) is 6.88. The van der Waals surface area contributed by atoms with Crippen LogP contribution < -0.4 is 14.9 Å². The summed E-state index contributed by atoms with van der Waals surface area (Å²) in [6, 6.07) is 6.20. The summed E-state index contributed by atoms with van der Waals surface area (Å²) in [6.45, 7) is 5.83. The normalized spacial score (nSPS) is 13.5. The molecule has 0 saturated heterocycles. The molecule has 0 unspecified atom stereocenters. The van der Waals surface area contributed by atoms with Crippen LogP contribution in [-0.4, -0.2) is 50.2 Å². The van der Waals surface area contributed by atoms with Crippen LogP contribution in [0.25, 0.3) is 0 Å². The molecule has 1 aromatic heterocycles. The minimum atomic E-state index is -3.69. The van der Waals surface area contributed by atoms with Gasteiger partial charge in [-0.3, -0.25) is 4.79 Å². The number of aryl methyl sites for hydroxylation is 1. The first kappa shape index (κ1) is 24.8. The van der Waals surface area contributed by atoms with E-state index in [0.29, 0.717) is 30.0 Å². The molecular formula is C23H31N5O4S. The molecule has 9 nitrogen and oxygen atoms in total. The maximum atomic E-state index is 12.8. The highest BCUT2D eigenvalue weighted by Gasteiger charge is 2.25. The Bertz CT molecular complexity index is 1090. The van der Waals surface area contributed by atoms with Gasteiger partial charge in [-0.2, -0.15) is 0 Å². The number of amides is 1. The molecule has 1 aromatic carbocycles. The largest absolute Gasteiger partial charge is 0.356 e. The number of benzene rings is 1. The van der Waals surface area contributed by atoms with E-state index in [1.165, 1.54) is 31.3 Å². The predicted octanol–water partition coefficient (Wildman–Crippen LogP) is 2.92. The van der Waals surface area contributed by atoms with Gasteiger partial charge >= 0.3 is 0 Å². The molecule has 10 heteroatoms. The van der Waals surface area contributed by atoms with Gasteiger partial charge in [0.25, 0.3) is 5.91 Å². The number of anilines is 2. The number of carbonyl (C=O) groups excluding carboxylic acids is 2. The molecule has 33 heavy (non-hydrogen) atoms. The average Bonchev–Trinajstić information content (AvgIpc) is 3.62. The van der Waals surface area contributed by atoms with Gasteiger partial charge in [0.05, 0.1) is 4.90 Å². The minimum Gasteiger partial charge on any atom is -0.356 e. The maximum Gasteiger partial charge on any atom is 0.274 e. The van der Waals surface area contributed by atoms with Crippen molar-refractivity contribution in [1.29, 1.82) is 0 Å². The van der Waals surface area contributed by atoms with Crippen molar-refractivity contribution in [2.75, 3.05) is 29.9 Å². The van der Waals surface area contributed by atoms with Gasteiger partial charge in [0.2, 0.25) is 10.0 Å². The number of unbranched alkanes of at least 4 members (excludes halogenated alkanes) is 1. The van der Waals surface area contributed by atoms with Gasteiger partial charge in [0.1, 0.15) is 24.1 Å². The van der Waals surface area contributed by atoms with Crippen molar-refractivity contribution in [1.82, 2.24) is 14.7 Å². The van der Waals surface area contributed by atoms with Crippen molar-refractivity contribution in [2.24, 2.45) is 5.92 Å². The van der Waals surface area contributed by atoms with Crippen molar-refractivity contribution < 1.29 is 18.0 Å². The van der Waals surface area contributed by atoms with Crippen LogP contribution in [0, 0.1) is 12.8 Å². The van der Waals surface area contributed by atoms with Crippen molar-refractivity contribution >= 4 is 33.7 Å². The number of nitrogens with one attached hydrogen (secondary N) is 2. The Morgan fingerprint density at radius 3 is 2.70 bits per heavy atom. The summed E-state index contributed by atoms with van der Waals surface area (Å²) < 4.78 is 27.3. The summed E-state index contributed by atoms with van der Waals surface area (Å²) in [6.07, 6.45) is 6.35. The number of nitrogens with zero attached hydrogens (tertiary/aromatic N) is 3. The zero-order chi connectivity index (χ0) is 23.8. The molecule has 1 amide bonds. The first-order chi connectivity index (χ1) is 15.8. The van der Waals surface area contributed by atoms with Crippen molar-refractivity contribution in [2.45, 2.75) is 50.8 Å². The summed E-state index contributed by atoms with van der Waals surface area (Å²) >= 11 is 0. The molecule has 1 fully saturated rings. The van der Waals surface area contributed by atoms with Crippen molar-refractivity contribution in [3.05, 3.63) is 41.9 Å². The highest BCUT2D eigenvalue weighted by Crippen LogP contribution is 2.31. The Morgan fingerprint density at radius 2 is 2.03 bits per heavy atom. The number of carbonyl (C=O) groups is 2. The fraction of sp³-hybridized carbons (Fsp3) is 0.478. The Hall–Kier alpha value is -2.85. The van der Waals surface area contributed by atoms with Gasteiger partial charge in [-0.25, -0.2) is 23.1 Å². The Labute approximate surface area is 195 Å². The van der Waals surface area contributed by atoms with E-state index in [1.54, 1.807) is 19.1 Å². The Morgan fingerprint density at radius 1 is 1.24 bits per heavy atom. The number of aromatic nitrogens is 2. The molecule has 1 aliphatic carbocycles. The van der Waals surface area contributed by atoms with Crippen molar-refractivity contribution in [3.63, 3.8) is 0 Å². The molecule has 2 N–H and O–H groups in total. The monoisotopic (exact) mass is 473 g/mol. The van der Waals surface area contributed by atoms with Gasteiger partial charge in [-0.05, 0) is 62.3 Å². The summed E-state index contributed by atoms with van der Waals surface area (Å²) in [4.78, 5) is 34.0. The first-order valence-electron chi connectivity index (χ1n) is 11.3. The third-order valence-electron chi connectivity index (χ3n) is 5.43. The van der Waals surface area contributed by atoms with Gasteiger partial charge in [-0.1, -0.05) is 6.92 Å². The van der Waals surface area contributed by atoms with Gasteiger partial charge < -0.3 is 15.0 Å². The van der Waals surface area contributed by atoms with Crippen LogP contribution in [0.5, 0.6) is 0 Å². The van der Waals surface area contributed by atoms with E-state index < -0.39 is 10.0 Å². The van der Waals surface area contributed by atoms with E-state index in [4.69, 9.17) is 0 Å². The second-order valence-electron chi connectivity index (χ2n) is 8.29. The lowest BCUT2D eigenvalue weighted by Crippen LogP contribution is -2.28. The Balaban J connectivity index is 1.69. The zero-order valence-electron chi connectivity index (χ0n) is 19.1. The molecule has 1 saturated carbocycles. The van der Waals surface area contributed by atoms with Crippen LogP contribution in [-0.2, 0) is 14.8 Å². The topological polar surface area (TPSA) is 121 Å². The van der Waals surface area contributed by atoms with Crippen LogP contribution in [0.4, 0.5) is 11.5 Å². The molecule has 3 rings (SSSR count). The number of sulfonamides is 1.